The number of hydrogen-bond acceptors (Lipinski definition) is 0. The molecule has 12 fully saturated rings. The highest BCUT2D eigenvalue weighted by Gasteiger charge is 3.02. The minimum atomic E-state index is 0.957. The molecule has 0 aromatic rings. The summed E-state index contributed by atoms with van der Waals surface area (Å²) in [6.07, 6.45) is 5.21. The zero-order chi connectivity index (χ0) is 14.7. The first-order valence-electron chi connectivity index (χ1n) is 12.2. The largest absolute Gasteiger partial charge is 0.0664 e. The molecule has 0 aromatic heterocycles. The third kappa shape index (κ3) is 0.487. The second-order valence-electron chi connectivity index (χ2n) is 13.9. The summed E-state index contributed by atoms with van der Waals surface area (Å²) in [5.41, 5.74) is 6.40. The van der Waals surface area contributed by atoms with Crippen molar-refractivity contribution in [2.75, 3.05) is 0 Å². The molecule has 0 amide bonds. The van der Waals surface area contributed by atoms with E-state index < -0.39 is 0 Å². The summed E-state index contributed by atoms with van der Waals surface area (Å²) in [6, 6.07) is 0. The van der Waals surface area contributed by atoms with Crippen LogP contribution in [-0.4, -0.2) is 0 Å². The zero-order valence-electron chi connectivity index (χ0n) is 14.5. The fourth-order valence-electron chi connectivity index (χ4n) is 17.6. The Bertz CT molecular complexity index is 998. The van der Waals surface area contributed by atoms with Gasteiger partial charge in [0.15, 0.2) is 0 Å². The predicted octanol–water partition coefficient (Wildman–Crippen LogP) is 3.69. The van der Waals surface area contributed by atoms with E-state index in [9.17, 15) is 0 Å². The van der Waals surface area contributed by atoms with Gasteiger partial charge in [-0.05, 0) is 137 Å². The molecular weight excluding hydrogens is 300 g/mol. The van der Waals surface area contributed by atoms with Gasteiger partial charge >= 0.3 is 0 Å². The fourth-order valence-corrected chi connectivity index (χ4v) is 17.6. The summed E-state index contributed by atoms with van der Waals surface area (Å²) in [5, 5.41) is 0. The molecule has 9 bridgehead atoms. The summed E-state index contributed by atoms with van der Waals surface area (Å²) in [6.45, 7) is 0. The van der Waals surface area contributed by atoms with Crippen molar-refractivity contribution in [3.05, 3.63) is 11.1 Å². The second-order valence-corrected chi connectivity index (χ2v) is 13.9. The van der Waals surface area contributed by atoms with Crippen molar-refractivity contribution in [3.8, 4) is 0 Å². The number of fused-ring (bicyclic) bond motifs is 5. The third-order valence-electron chi connectivity index (χ3n) is 16.1. The van der Waals surface area contributed by atoms with Crippen molar-refractivity contribution in [1.29, 1.82) is 0 Å². The molecule has 0 heterocycles. The molecule has 124 valence electrons. The minimum absolute atomic E-state index is 0.957. The Labute approximate surface area is 148 Å². The highest BCUT2D eigenvalue weighted by molar-refractivity contribution is 5.59. The van der Waals surface area contributed by atoms with E-state index in [0.29, 0.717) is 0 Å². The molecule has 13 aliphatic carbocycles. The number of allylic oxidation sites excluding steroid dienone is 2. The van der Waals surface area contributed by atoms with E-state index in [0.717, 1.165) is 10.8 Å². The van der Waals surface area contributed by atoms with Crippen LogP contribution in [0.15, 0.2) is 11.1 Å². The lowest BCUT2D eigenvalue weighted by molar-refractivity contribution is -0.430. The molecule has 13 rings (SSSR count). The van der Waals surface area contributed by atoms with E-state index >= 15 is 0 Å². The van der Waals surface area contributed by atoms with Crippen molar-refractivity contribution in [2.45, 2.75) is 19.3 Å². The Hall–Kier alpha value is -0.260. The van der Waals surface area contributed by atoms with Crippen LogP contribution < -0.4 is 0 Å². The van der Waals surface area contributed by atoms with Crippen molar-refractivity contribution >= 4 is 0 Å². The van der Waals surface area contributed by atoms with Crippen LogP contribution in [0.25, 0.3) is 0 Å². The first-order chi connectivity index (χ1) is 12.4. The van der Waals surface area contributed by atoms with Crippen LogP contribution in [-0.2, 0) is 0 Å². The maximum Gasteiger partial charge on any atom is -0.0121 e. The highest BCUT2D eigenvalue weighted by Crippen LogP contribution is 3.06. The Morgan fingerprint density at radius 2 is 1.44 bits per heavy atom. The fraction of sp³-hybridized carbons (Fsp3) is 0.920. The monoisotopic (exact) mass is 324 g/mol. The lowest BCUT2D eigenvalue weighted by atomic mass is 9.13. The highest BCUT2D eigenvalue weighted by atomic mass is 15.1. The van der Waals surface area contributed by atoms with Crippen LogP contribution in [0.3, 0.4) is 0 Å². The molecular formula is C25H24. The molecule has 0 radical (unpaired) electrons. The van der Waals surface area contributed by atoms with Gasteiger partial charge in [0.05, 0.1) is 0 Å². The van der Waals surface area contributed by atoms with Gasteiger partial charge < -0.3 is 0 Å². The second kappa shape index (κ2) is 2.20. The van der Waals surface area contributed by atoms with Gasteiger partial charge in [-0.3, -0.25) is 0 Å². The summed E-state index contributed by atoms with van der Waals surface area (Å²) in [4.78, 5) is 0. The molecule has 13 aliphatic rings. The van der Waals surface area contributed by atoms with E-state index in [1.54, 1.807) is 19.3 Å². The van der Waals surface area contributed by atoms with Gasteiger partial charge in [0, 0.05) is 0 Å². The lowest BCUT2D eigenvalue weighted by Crippen LogP contribution is -2.87. The Balaban J connectivity index is 1.36. The van der Waals surface area contributed by atoms with Crippen molar-refractivity contribution in [1.82, 2.24) is 0 Å². The number of rotatable bonds is 0. The van der Waals surface area contributed by atoms with E-state index in [-0.39, 0.29) is 0 Å². The van der Waals surface area contributed by atoms with Crippen molar-refractivity contribution < 1.29 is 0 Å². The topological polar surface area (TPSA) is 0 Å². The van der Waals surface area contributed by atoms with Gasteiger partial charge in [-0.15, -0.1) is 0 Å². The molecule has 0 nitrogen and oxygen atoms in total. The smallest absolute Gasteiger partial charge is 0.0121 e. The van der Waals surface area contributed by atoms with E-state index in [4.69, 9.17) is 0 Å². The molecule has 0 aromatic carbocycles. The van der Waals surface area contributed by atoms with Crippen LogP contribution >= 0.6 is 0 Å². The van der Waals surface area contributed by atoms with E-state index in [2.05, 4.69) is 11.1 Å². The molecule has 20 atom stereocenters. The maximum atomic E-state index is 2.23. The van der Waals surface area contributed by atoms with Crippen molar-refractivity contribution in [3.63, 3.8) is 0 Å². The Kier molecular flexibility index (Phi) is 0.908. The van der Waals surface area contributed by atoms with Gasteiger partial charge in [0.25, 0.3) is 0 Å². The SMILES string of the molecule is C1C2C3C4C5CC6C7C8C(=C9CC%10C%11C9C7C%105C1C2%11)C1C8C62C1C3C42. The van der Waals surface area contributed by atoms with Gasteiger partial charge in [0.2, 0.25) is 0 Å². The van der Waals surface area contributed by atoms with Gasteiger partial charge in [0.1, 0.15) is 0 Å². The average molecular weight is 324 g/mol. The van der Waals surface area contributed by atoms with Crippen molar-refractivity contribution in [2.24, 2.45) is 117 Å². The van der Waals surface area contributed by atoms with Gasteiger partial charge in [-0.2, -0.15) is 0 Å². The first kappa shape index (κ1) is 10.3. The van der Waals surface area contributed by atoms with Gasteiger partial charge in [-0.1, -0.05) is 11.1 Å². The minimum Gasteiger partial charge on any atom is -0.0664 e. The molecule has 2 spiro atoms. The van der Waals surface area contributed by atoms with E-state index in [1.807, 2.05) is 0 Å². The molecule has 0 saturated heterocycles. The Morgan fingerprint density at radius 1 is 0.560 bits per heavy atom. The molecule has 12 saturated carbocycles. The molecule has 0 aliphatic heterocycles. The molecule has 0 N–H and O–H groups in total. The molecule has 25 heavy (non-hydrogen) atoms. The van der Waals surface area contributed by atoms with Gasteiger partial charge in [-0.25, -0.2) is 0 Å². The summed E-state index contributed by atoms with van der Waals surface area (Å²) in [7, 11) is 0. The third-order valence-corrected chi connectivity index (χ3v) is 16.1. The Morgan fingerprint density at radius 3 is 2.44 bits per heavy atom. The van der Waals surface area contributed by atoms with Crippen LogP contribution in [0.4, 0.5) is 0 Å². The summed E-state index contributed by atoms with van der Waals surface area (Å²) in [5.74, 6) is 22.7. The van der Waals surface area contributed by atoms with Crippen LogP contribution in [0, 0.1) is 117 Å². The predicted molar refractivity (Wildman–Crippen MR) is 88.6 cm³/mol. The van der Waals surface area contributed by atoms with Crippen LogP contribution in [0.1, 0.15) is 19.3 Å². The quantitative estimate of drug-likeness (QED) is 0.596. The molecule has 0 heteroatoms. The average Bonchev–Trinajstić information content (AvgIpc) is 3.05. The lowest BCUT2D eigenvalue weighted by Gasteiger charge is -2.91. The maximum absolute atomic E-state index is 2.23. The normalized spacial score (nSPS) is 98.9. The standard InChI is InChI=1S/C25H24/c1-4-10-6(1)24-7-2-5-12-17-16(20(24)13(5)14(7)10)9-3-8(24)15-11(4)18-21(15)25(9)22(17)19(12)23(18)25/h4,6-11,13-23H,1-3H2. The molecule has 20 unspecified atom stereocenters. The van der Waals surface area contributed by atoms with Crippen LogP contribution in [0.2, 0.25) is 0 Å². The zero-order valence-corrected chi connectivity index (χ0v) is 14.5. The summed E-state index contributed by atoms with van der Waals surface area (Å²) < 4.78 is 0. The van der Waals surface area contributed by atoms with Crippen LogP contribution in [0.5, 0.6) is 0 Å². The van der Waals surface area contributed by atoms with E-state index in [1.165, 1.54) is 107 Å². The number of hydrogen-bond donors (Lipinski definition) is 0. The summed E-state index contributed by atoms with van der Waals surface area (Å²) >= 11 is 0. The first-order valence-corrected chi connectivity index (χ1v) is 12.2.